The molecule has 1 N–H and O–H groups in total. The SMILES string of the molecule is CCCCCCCCCCCCCCOC[C@H]1CO[C@H](COCCCCCCO)C1. The maximum Gasteiger partial charge on any atom is 0.0813 e. The molecule has 4 heteroatoms. The molecule has 0 amide bonds. The number of aliphatic hydroxyl groups excluding tert-OH is 1. The molecule has 30 heavy (non-hydrogen) atoms. The van der Waals surface area contributed by atoms with Crippen LogP contribution in [-0.4, -0.2) is 50.9 Å². The summed E-state index contributed by atoms with van der Waals surface area (Å²) in [6, 6.07) is 0. The van der Waals surface area contributed by atoms with Gasteiger partial charge in [-0.3, -0.25) is 0 Å². The second-order valence-corrected chi connectivity index (χ2v) is 9.23. The van der Waals surface area contributed by atoms with Gasteiger partial charge in [0.05, 0.1) is 25.9 Å². The fraction of sp³-hybridized carbons (Fsp3) is 1.00. The van der Waals surface area contributed by atoms with Crippen molar-refractivity contribution in [3.05, 3.63) is 0 Å². The molecule has 1 fully saturated rings. The van der Waals surface area contributed by atoms with Crippen LogP contribution in [0.5, 0.6) is 0 Å². The smallest absolute Gasteiger partial charge is 0.0813 e. The van der Waals surface area contributed by atoms with Gasteiger partial charge in [0, 0.05) is 25.7 Å². The molecule has 0 aromatic rings. The topological polar surface area (TPSA) is 47.9 Å². The van der Waals surface area contributed by atoms with Crippen LogP contribution in [0.2, 0.25) is 0 Å². The second kappa shape index (κ2) is 22.0. The Morgan fingerprint density at radius 1 is 0.667 bits per heavy atom. The van der Waals surface area contributed by atoms with Gasteiger partial charge < -0.3 is 19.3 Å². The number of ether oxygens (including phenoxy) is 3. The first-order chi connectivity index (χ1) is 14.9. The molecule has 0 spiro atoms. The van der Waals surface area contributed by atoms with Crippen LogP contribution in [0.4, 0.5) is 0 Å². The molecule has 0 unspecified atom stereocenters. The van der Waals surface area contributed by atoms with Crippen LogP contribution in [0.25, 0.3) is 0 Å². The Kier molecular flexibility index (Phi) is 20.5. The Bertz CT molecular complexity index is 337. The van der Waals surface area contributed by atoms with E-state index in [-0.39, 0.29) is 6.10 Å². The zero-order valence-corrected chi connectivity index (χ0v) is 20.1. The summed E-state index contributed by atoms with van der Waals surface area (Å²) in [5, 5.41) is 8.76. The van der Waals surface area contributed by atoms with Crippen LogP contribution in [0.3, 0.4) is 0 Å². The Balaban J connectivity index is 1.76. The summed E-state index contributed by atoms with van der Waals surface area (Å²) in [6.45, 7) is 6.69. The molecular weight excluding hydrogens is 376 g/mol. The summed E-state index contributed by atoms with van der Waals surface area (Å²) >= 11 is 0. The van der Waals surface area contributed by atoms with Gasteiger partial charge in [0.2, 0.25) is 0 Å². The second-order valence-electron chi connectivity index (χ2n) is 9.23. The average Bonchev–Trinajstić information content (AvgIpc) is 3.21. The summed E-state index contributed by atoms with van der Waals surface area (Å²) < 4.78 is 17.5. The van der Waals surface area contributed by atoms with E-state index in [0.717, 1.165) is 65.1 Å². The van der Waals surface area contributed by atoms with Gasteiger partial charge in [-0.05, 0) is 25.7 Å². The molecular formula is C26H52O4. The van der Waals surface area contributed by atoms with Crippen LogP contribution in [0.1, 0.15) is 116 Å². The molecule has 1 heterocycles. The van der Waals surface area contributed by atoms with Gasteiger partial charge in [0.1, 0.15) is 0 Å². The van der Waals surface area contributed by atoms with Crippen molar-refractivity contribution < 1.29 is 19.3 Å². The van der Waals surface area contributed by atoms with E-state index < -0.39 is 0 Å². The fourth-order valence-corrected chi connectivity index (χ4v) is 4.19. The van der Waals surface area contributed by atoms with Crippen LogP contribution in [-0.2, 0) is 14.2 Å². The van der Waals surface area contributed by atoms with Crippen LogP contribution in [0, 0.1) is 5.92 Å². The van der Waals surface area contributed by atoms with Crippen LogP contribution >= 0.6 is 0 Å². The molecule has 1 saturated heterocycles. The van der Waals surface area contributed by atoms with Crippen molar-refractivity contribution in [3.63, 3.8) is 0 Å². The summed E-state index contributed by atoms with van der Waals surface area (Å²) in [5.74, 6) is 0.542. The van der Waals surface area contributed by atoms with Gasteiger partial charge in [-0.15, -0.1) is 0 Å². The Morgan fingerprint density at radius 3 is 1.73 bits per heavy atom. The van der Waals surface area contributed by atoms with Crippen molar-refractivity contribution in [3.8, 4) is 0 Å². The van der Waals surface area contributed by atoms with E-state index in [1.807, 2.05) is 0 Å². The number of aliphatic hydroxyl groups is 1. The molecule has 0 saturated carbocycles. The van der Waals surface area contributed by atoms with Crippen molar-refractivity contribution in [2.75, 3.05) is 39.6 Å². The lowest BCUT2D eigenvalue weighted by atomic mass is 10.1. The molecule has 2 atom stereocenters. The highest BCUT2D eigenvalue weighted by atomic mass is 16.5. The highest BCUT2D eigenvalue weighted by molar-refractivity contribution is 4.73. The van der Waals surface area contributed by atoms with E-state index in [2.05, 4.69) is 6.92 Å². The first-order valence-corrected chi connectivity index (χ1v) is 13.2. The molecule has 4 nitrogen and oxygen atoms in total. The number of unbranched alkanes of at least 4 members (excludes halogenated alkanes) is 14. The number of hydrogen-bond acceptors (Lipinski definition) is 4. The van der Waals surface area contributed by atoms with Crippen molar-refractivity contribution in [1.29, 1.82) is 0 Å². The van der Waals surface area contributed by atoms with Crippen molar-refractivity contribution in [2.24, 2.45) is 5.92 Å². The molecule has 0 aromatic carbocycles. The van der Waals surface area contributed by atoms with E-state index in [1.165, 1.54) is 77.0 Å². The minimum atomic E-state index is 0.252. The summed E-state index contributed by atoms with van der Waals surface area (Å²) in [5.41, 5.74) is 0. The maximum absolute atomic E-state index is 8.76. The monoisotopic (exact) mass is 428 g/mol. The largest absolute Gasteiger partial charge is 0.396 e. The first kappa shape index (κ1) is 27.9. The highest BCUT2D eigenvalue weighted by Gasteiger charge is 2.25. The molecule has 1 aliphatic heterocycles. The molecule has 0 aromatic heterocycles. The van der Waals surface area contributed by atoms with E-state index in [1.54, 1.807) is 0 Å². The lowest BCUT2D eigenvalue weighted by molar-refractivity contribution is 0.0140. The lowest BCUT2D eigenvalue weighted by Crippen LogP contribution is -2.15. The van der Waals surface area contributed by atoms with Crippen molar-refractivity contribution >= 4 is 0 Å². The first-order valence-electron chi connectivity index (χ1n) is 13.2. The Morgan fingerprint density at radius 2 is 1.17 bits per heavy atom. The van der Waals surface area contributed by atoms with Crippen LogP contribution < -0.4 is 0 Å². The average molecular weight is 429 g/mol. The molecule has 1 aliphatic rings. The number of rotatable bonds is 23. The van der Waals surface area contributed by atoms with Gasteiger partial charge in [-0.1, -0.05) is 90.4 Å². The van der Waals surface area contributed by atoms with Crippen molar-refractivity contribution in [2.45, 2.75) is 122 Å². The predicted octanol–water partition coefficient (Wildman–Crippen LogP) is 6.68. The zero-order chi connectivity index (χ0) is 21.5. The minimum absolute atomic E-state index is 0.252. The maximum atomic E-state index is 8.76. The predicted molar refractivity (Wildman–Crippen MR) is 126 cm³/mol. The molecule has 0 bridgehead atoms. The van der Waals surface area contributed by atoms with Crippen molar-refractivity contribution in [1.82, 2.24) is 0 Å². The molecule has 180 valence electrons. The Labute approximate surface area is 187 Å². The summed E-state index contributed by atoms with van der Waals surface area (Å²) in [7, 11) is 0. The summed E-state index contributed by atoms with van der Waals surface area (Å²) in [4.78, 5) is 0. The number of hydrogen-bond donors (Lipinski definition) is 1. The van der Waals surface area contributed by atoms with Gasteiger partial charge >= 0.3 is 0 Å². The van der Waals surface area contributed by atoms with Gasteiger partial charge in [-0.25, -0.2) is 0 Å². The highest BCUT2D eigenvalue weighted by Crippen LogP contribution is 2.20. The third kappa shape index (κ3) is 17.5. The van der Waals surface area contributed by atoms with E-state index in [4.69, 9.17) is 19.3 Å². The van der Waals surface area contributed by atoms with Gasteiger partial charge in [0.25, 0.3) is 0 Å². The van der Waals surface area contributed by atoms with Crippen LogP contribution in [0.15, 0.2) is 0 Å². The normalized spacial score (nSPS) is 19.0. The van der Waals surface area contributed by atoms with E-state index in [0.29, 0.717) is 12.5 Å². The third-order valence-electron chi connectivity index (χ3n) is 6.16. The quantitative estimate of drug-likeness (QED) is 0.184. The van der Waals surface area contributed by atoms with Gasteiger partial charge in [-0.2, -0.15) is 0 Å². The zero-order valence-electron chi connectivity index (χ0n) is 20.1. The van der Waals surface area contributed by atoms with Gasteiger partial charge in [0.15, 0.2) is 0 Å². The summed E-state index contributed by atoms with van der Waals surface area (Å²) in [6.07, 6.45) is 22.2. The molecule has 0 aliphatic carbocycles. The Hall–Kier alpha value is -0.160. The fourth-order valence-electron chi connectivity index (χ4n) is 4.19. The lowest BCUT2D eigenvalue weighted by Gasteiger charge is -2.11. The van der Waals surface area contributed by atoms with E-state index >= 15 is 0 Å². The minimum Gasteiger partial charge on any atom is -0.396 e. The third-order valence-corrected chi connectivity index (χ3v) is 6.16. The van der Waals surface area contributed by atoms with E-state index in [9.17, 15) is 0 Å². The standard InChI is InChI=1S/C26H52O4/c1-2-3-4-5-6-7-8-9-10-11-13-16-19-28-22-25-21-26(30-23-25)24-29-20-17-14-12-15-18-27/h25-27H,2-24H2,1H3/t25-,26-/m0/s1. The molecule has 1 rings (SSSR count). The molecule has 0 radical (unpaired) electrons.